The molecule has 0 aliphatic carbocycles. The van der Waals surface area contributed by atoms with Crippen LogP contribution in [0.5, 0.6) is 5.75 Å². The zero-order valence-corrected chi connectivity index (χ0v) is 23.1. The number of nitrogens with two attached hydrogens (primary N) is 1. The van der Waals surface area contributed by atoms with Crippen LogP contribution in [0.4, 0.5) is 4.79 Å². The van der Waals surface area contributed by atoms with Gasteiger partial charge in [-0.1, -0.05) is 97.1 Å². The smallest absolute Gasteiger partial charge is 0.411 e. The number of nitrogens with one attached hydrogen (secondary N) is 1. The zero-order valence-electron chi connectivity index (χ0n) is 23.1. The van der Waals surface area contributed by atoms with Crippen molar-refractivity contribution in [3.8, 4) is 5.75 Å². The van der Waals surface area contributed by atoms with Crippen molar-refractivity contribution in [2.24, 2.45) is 5.73 Å². The van der Waals surface area contributed by atoms with Crippen molar-refractivity contribution >= 4 is 17.9 Å². The molecule has 2 atom stereocenters. The molecule has 1 heterocycles. The summed E-state index contributed by atoms with van der Waals surface area (Å²) in [4.78, 5) is 40.7. The average Bonchev–Trinajstić information content (AvgIpc) is 3.02. The molecule has 4 aromatic carbocycles. The van der Waals surface area contributed by atoms with Crippen LogP contribution >= 0.6 is 0 Å². The molecule has 8 heteroatoms. The lowest BCUT2D eigenvalue weighted by Crippen LogP contribution is -2.56. The van der Waals surface area contributed by atoms with Gasteiger partial charge >= 0.3 is 6.09 Å². The summed E-state index contributed by atoms with van der Waals surface area (Å²) in [6, 6.07) is 32.3. The topological polar surface area (TPSA) is 111 Å². The van der Waals surface area contributed by atoms with Crippen LogP contribution < -0.4 is 15.8 Å². The Kier molecular flexibility index (Phi) is 9.13. The van der Waals surface area contributed by atoms with Gasteiger partial charge in [0.25, 0.3) is 0 Å². The number of rotatable bonds is 10. The molecule has 1 aliphatic heterocycles. The zero-order chi connectivity index (χ0) is 29.3. The number of benzene rings is 4. The molecule has 0 fully saturated rings. The van der Waals surface area contributed by atoms with Gasteiger partial charge in [-0.25, -0.2) is 4.79 Å². The van der Waals surface area contributed by atoms with E-state index in [9.17, 15) is 14.4 Å². The summed E-state index contributed by atoms with van der Waals surface area (Å²) >= 11 is 0. The first-order valence-corrected chi connectivity index (χ1v) is 13.9. The van der Waals surface area contributed by atoms with Crippen LogP contribution in [-0.4, -0.2) is 34.9 Å². The number of carbonyl (C=O) groups is 3. The summed E-state index contributed by atoms with van der Waals surface area (Å²) in [6.45, 7) is 0.697. The second kappa shape index (κ2) is 13.5. The minimum absolute atomic E-state index is 0.0821. The van der Waals surface area contributed by atoms with Gasteiger partial charge in [-0.2, -0.15) is 0 Å². The predicted molar refractivity (Wildman–Crippen MR) is 158 cm³/mol. The lowest BCUT2D eigenvalue weighted by Gasteiger charge is -2.35. The molecule has 1 aliphatic rings. The van der Waals surface area contributed by atoms with E-state index in [1.807, 2.05) is 109 Å². The van der Waals surface area contributed by atoms with Gasteiger partial charge in [0.05, 0.1) is 6.54 Å². The fraction of sp³-hybridized carbons (Fsp3) is 0.206. The average molecular weight is 564 g/mol. The van der Waals surface area contributed by atoms with Gasteiger partial charge < -0.3 is 20.5 Å². The molecule has 3 N–H and O–H groups in total. The van der Waals surface area contributed by atoms with Crippen molar-refractivity contribution in [2.75, 3.05) is 0 Å². The third-order valence-electron chi connectivity index (χ3n) is 7.24. The Hall–Kier alpha value is -5.11. The van der Waals surface area contributed by atoms with Gasteiger partial charge in [0.2, 0.25) is 11.8 Å². The van der Waals surface area contributed by atoms with E-state index in [1.165, 1.54) is 4.90 Å². The Morgan fingerprint density at radius 1 is 0.786 bits per heavy atom. The number of hydrogen-bond acceptors (Lipinski definition) is 5. The van der Waals surface area contributed by atoms with E-state index in [0.29, 0.717) is 12.4 Å². The number of hydrogen-bond donors (Lipinski definition) is 2. The van der Waals surface area contributed by atoms with Gasteiger partial charge in [-0.15, -0.1) is 0 Å². The van der Waals surface area contributed by atoms with Crippen molar-refractivity contribution in [1.82, 2.24) is 10.2 Å². The van der Waals surface area contributed by atoms with Gasteiger partial charge in [0.15, 0.2) is 0 Å². The maximum atomic E-state index is 13.6. The Morgan fingerprint density at radius 3 is 2.10 bits per heavy atom. The molecule has 4 aromatic rings. The quantitative estimate of drug-likeness (QED) is 0.294. The molecule has 0 spiro atoms. The maximum Gasteiger partial charge on any atom is 0.411 e. The van der Waals surface area contributed by atoms with Crippen molar-refractivity contribution in [1.29, 1.82) is 0 Å². The van der Waals surface area contributed by atoms with E-state index >= 15 is 0 Å². The third-order valence-corrected chi connectivity index (χ3v) is 7.24. The molecular formula is C34H33N3O5. The monoisotopic (exact) mass is 563 g/mol. The minimum Gasteiger partial charge on any atom is -0.489 e. The third kappa shape index (κ3) is 7.34. The number of ether oxygens (including phenoxy) is 2. The number of nitrogens with zero attached hydrogens (tertiary/aromatic N) is 1. The molecule has 0 radical (unpaired) electrons. The largest absolute Gasteiger partial charge is 0.489 e. The summed E-state index contributed by atoms with van der Waals surface area (Å²) in [5.41, 5.74) is 10.3. The fourth-order valence-electron chi connectivity index (χ4n) is 4.98. The SMILES string of the molecule is NC(=O)[C@@H](Cc1cccc(OCc2ccccc2)c1)NC(=O)[C@@H]1Cc2ccccc2CN1C(=O)OCc1ccccc1. The molecule has 0 saturated carbocycles. The Bertz CT molecular complexity index is 1530. The first-order valence-electron chi connectivity index (χ1n) is 13.9. The molecule has 0 aromatic heterocycles. The van der Waals surface area contributed by atoms with Crippen LogP contribution in [0.2, 0.25) is 0 Å². The number of carbonyl (C=O) groups excluding carboxylic acids is 3. The van der Waals surface area contributed by atoms with Crippen LogP contribution in [0.1, 0.15) is 27.8 Å². The van der Waals surface area contributed by atoms with Crippen molar-refractivity contribution in [2.45, 2.75) is 44.7 Å². The summed E-state index contributed by atoms with van der Waals surface area (Å²) in [5, 5.41) is 2.80. The standard InChI is InChI=1S/C34H33N3O5/c35-32(38)30(19-26-14-9-17-29(18-26)41-22-24-10-3-1-4-11-24)36-33(39)31-20-27-15-7-8-16-28(27)21-37(31)34(40)42-23-25-12-5-2-6-13-25/h1-18,30-31H,19-23H2,(H2,35,38)(H,36,39)/t30-,31+/m1/s1. The maximum absolute atomic E-state index is 13.6. The second-order valence-electron chi connectivity index (χ2n) is 10.2. The molecule has 214 valence electrons. The molecule has 0 unspecified atom stereocenters. The van der Waals surface area contributed by atoms with Crippen LogP contribution in [0.3, 0.4) is 0 Å². The van der Waals surface area contributed by atoms with E-state index in [2.05, 4.69) is 5.32 Å². The highest BCUT2D eigenvalue weighted by Crippen LogP contribution is 2.25. The molecule has 0 bridgehead atoms. The highest BCUT2D eigenvalue weighted by Gasteiger charge is 2.37. The molecule has 42 heavy (non-hydrogen) atoms. The number of fused-ring (bicyclic) bond motifs is 1. The molecule has 5 rings (SSSR count). The van der Waals surface area contributed by atoms with Gasteiger partial charge in [-0.3, -0.25) is 14.5 Å². The molecule has 3 amide bonds. The van der Waals surface area contributed by atoms with E-state index in [0.717, 1.165) is 27.8 Å². The van der Waals surface area contributed by atoms with Crippen LogP contribution in [0.25, 0.3) is 0 Å². The Balaban J connectivity index is 1.27. The fourth-order valence-corrected chi connectivity index (χ4v) is 4.98. The first-order chi connectivity index (χ1) is 20.5. The molecular weight excluding hydrogens is 530 g/mol. The second-order valence-corrected chi connectivity index (χ2v) is 10.2. The van der Waals surface area contributed by atoms with Gasteiger partial charge in [-0.05, 0) is 39.9 Å². The van der Waals surface area contributed by atoms with Crippen LogP contribution in [0, 0.1) is 0 Å². The van der Waals surface area contributed by atoms with Crippen LogP contribution in [0.15, 0.2) is 109 Å². The Morgan fingerprint density at radius 2 is 1.40 bits per heavy atom. The van der Waals surface area contributed by atoms with Crippen molar-refractivity contribution in [3.63, 3.8) is 0 Å². The highest BCUT2D eigenvalue weighted by atomic mass is 16.6. The normalized spacial score (nSPS) is 14.8. The first kappa shape index (κ1) is 28.4. The van der Waals surface area contributed by atoms with E-state index in [-0.39, 0.29) is 26.0 Å². The van der Waals surface area contributed by atoms with E-state index < -0.39 is 30.0 Å². The number of primary amides is 1. The molecule has 0 saturated heterocycles. The molecule has 8 nitrogen and oxygen atoms in total. The predicted octanol–water partition coefficient (Wildman–Crippen LogP) is 4.54. The minimum atomic E-state index is -0.985. The van der Waals surface area contributed by atoms with Gasteiger partial charge in [0.1, 0.15) is 31.0 Å². The van der Waals surface area contributed by atoms with E-state index in [4.69, 9.17) is 15.2 Å². The van der Waals surface area contributed by atoms with Crippen molar-refractivity contribution in [3.05, 3.63) is 137 Å². The Labute approximate surface area is 245 Å². The van der Waals surface area contributed by atoms with E-state index in [1.54, 1.807) is 0 Å². The summed E-state index contributed by atoms with van der Waals surface area (Å²) in [5.74, 6) is -0.503. The summed E-state index contributed by atoms with van der Waals surface area (Å²) in [6.07, 6.45) is -0.144. The lowest BCUT2D eigenvalue weighted by molar-refractivity contribution is -0.131. The lowest BCUT2D eigenvalue weighted by atomic mass is 9.93. The van der Waals surface area contributed by atoms with Gasteiger partial charge in [0, 0.05) is 12.8 Å². The summed E-state index contributed by atoms with van der Waals surface area (Å²) < 4.78 is 11.5. The summed E-state index contributed by atoms with van der Waals surface area (Å²) in [7, 11) is 0. The number of amides is 3. The van der Waals surface area contributed by atoms with Crippen LogP contribution in [-0.2, 0) is 46.9 Å². The van der Waals surface area contributed by atoms with Crippen molar-refractivity contribution < 1.29 is 23.9 Å². The highest BCUT2D eigenvalue weighted by molar-refractivity contribution is 5.91.